The summed E-state index contributed by atoms with van der Waals surface area (Å²) in [5.74, 6) is 0.746. The van der Waals surface area contributed by atoms with Crippen LogP contribution in [-0.2, 0) is 6.42 Å². The second-order valence-corrected chi connectivity index (χ2v) is 6.87. The van der Waals surface area contributed by atoms with Gasteiger partial charge >= 0.3 is 0 Å². The summed E-state index contributed by atoms with van der Waals surface area (Å²) >= 11 is 0. The van der Waals surface area contributed by atoms with Crippen molar-refractivity contribution in [1.29, 1.82) is 0 Å². The molecule has 19 heavy (non-hydrogen) atoms. The average Bonchev–Trinajstić information content (AvgIpc) is 3.22. The predicted molar refractivity (Wildman–Crippen MR) is 76.0 cm³/mol. The van der Waals surface area contributed by atoms with Crippen molar-refractivity contribution in [1.82, 2.24) is 9.88 Å². The minimum Gasteiger partial charge on any atom is -0.323 e. The predicted octanol–water partition coefficient (Wildman–Crippen LogP) is 2.23. The van der Waals surface area contributed by atoms with Gasteiger partial charge in [-0.15, -0.1) is 0 Å². The maximum atomic E-state index is 6.58. The van der Waals surface area contributed by atoms with E-state index in [0.717, 1.165) is 12.3 Å². The summed E-state index contributed by atoms with van der Waals surface area (Å²) < 4.78 is 0. The highest BCUT2D eigenvalue weighted by Crippen LogP contribution is 2.50. The Labute approximate surface area is 115 Å². The fourth-order valence-corrected chi connectivity index (χ4v) is 3.89. The Bertz CT molecular complexity index is 499. The number of aromatic nitrogens is 1. The first-order valence-electron chi connectivity index (χ1n) is 7.62. The molecule has 0 unspecified atom stereocenters. The Kier molecular flexibility index (Phi) is 2.52. The van der Waals surface area contributed by atoms with Crippen LogP contribution in [0.1, 0.15) is 54.6 Å². The molecule has 2 heterocycles. The molecule has 1 aliphatic heterocycles. The molecule has 0 radical (unpaired) electrons. The molecule has 3 heteroatoms. The van der Waals surface area contributed by atoms with Crippen molar-refractivity contribution in [2.24, 2.45) is 11.1 Å². The van der Waals surface area contributed by atoms with Crippen molar-refractivity contribution in [2.75, 3.05) is 20.1 Å². The number of rotatable bonds is 1. The Morgan fingerprint density at radius 2 is 2.00 bits per heavy atom. The quantitative estimate of drug-likeness (QED) is 0.839. The van der Waals surface area contributed by atoms with E-state index in [-0.39, 0.29) is 6.04 Å². The Morgan fingerprint density at radius 1 is 1.26 bits per heavy atom. The van der Waals surface area contributed by atoms with Gasteiger partial charge < -0.3 is 10.6 Å². The number of hydrogen-bond donors (Lipinski definition) is 1. The molecule has 1 atom stereocenters. The number of nitrogens with two attached hydrogens (primary N) is 1. The molecule has 1 aromatic rings. The lowest BCUT2D eigenvalue weighted by Gasteiger charge is -2.40. The van der Waals surface area contributed by atoms with E-state index in [2.05, 4.69) is 24.1 Å². The molecule has 1 saturated carbocycles. The van der Waals surface area contributed by atoms with Gasteiger partial charge in [-0.25, -0.2) is 0 Å². The SMILES string of the molecule is CN1CCC2(CC1)Cc1nc(C3CC3)ccc1[C@H]2N. The van der Waals surface area contributed by atoms with Crippen LogP contribution in [0.4, 0.5) is 0 Å². The number of piperidine rings is 1. The molecule has 1 aromatic heterocycles. The maximum absolute atomic E-state index is 6.58. The van der Waals surface area contributed by atoms with Crippen molar-refractivity contribution >= 4 is 0 Å². The van der Waals surface area contributed by atoms with Crippen molar-refractivity contribution < 1.29 is 0 Å². The molecule has 1 spiro atoms. The van der Waals surface area contributed by atoms with E-state index in [4.69, 9.17) is 10.7 Å². The van der Waals surface area contributed by atoms with E-state index in [9.17, 15) is 0 Å². The third kappa shape index (κ3) is 1.83. The van der Waals surface area contributed by atoms with Crippen LogP contribution in [0.5, 0.6) is 0 Å². The van der Waals surface area contributed by atoms with Crippen molar-refractivity contribution in [3.05, 3.63) is 29.1 Å². The van der Waals surface area contributed by atoms with Gasteiger partial charge in [0.2, 0.25) is 0 Å². The van der Waals surface area contributed by atoms with Crippen LogP contribution >= 0.6 is 0 Å². The molecule has 0 aromatic carbocycles. The number of likely N-dealkylation sites (tertiary alicyclic amines) is 1. The summed E-state index contributed by atoms with van der Waals surface area (Å²) in [4.78, 5) is 7.36. The molecule has 1 saturated heterocycles. The summed E-state index contributed by atoms with van der Waals surface area (Å²) in [6, 6.07) is 4.70. The zero-order valence-electron chi connectivity index (χ0n) is 11.7. The van der Waals surface area contributed by atoms with Gasteiger partial charge in [0, 0.05) is 23.3 Å². The number of nitrogens with zero attached hydrogens (tertiary/aromatic N) is 2. The van der Waals surface area contributed by atoms with E-state index < -0.39 is 0 Å². The lowest BCUT2D eigenvalue weighted by molar-refractivity contribution is 0.105. The smallest absolute Gasteiger partial charge is 0.0461 e. The van der Waals surface area contributed by atoms with Gasteiger partial charge in [0.1, 0.15) is 0 Å². The second kappa shape index (κ2) is 4.03. The molecule has 2 fully saturated rings. The van der Waals surface area contributed by atoms with E-state index in [1.807, 2.05) is 0 Å². The first kappa shape index (κ1) is 11.9. The maximum Gasteiger partial charge on any atom is 0.0461 e. The van der Waals surface area contributed by atoms with Crippen LogP contribution in [0.15, 0.2) is 12.1 Å². The van der Waals surface area contributed by atoms with Crippen molar-refractivity contribution in [3.63, 3.8) is 0 Å². The van der Waals surface area contributed by atoms with E-state index >= 15 is 0 Å². The lowest BCUT2D eigenvalue weighted by atomic mass is 9.73. The summed E-state index contributed by atoms with van der Waals surface area (Å²) in [5.41, 5.74) is 10.8. The molecule has 2 aliphatic carbocycles. The van der Waals surface area contributed by atoms with Crippen LogP contribution in [0, 0.1) is 5.41 Å². The van der Waals surface area contributed by atoms with Gasteiger partial charge in [0.15, 0.2) is 0 Å². The van der Waals surface area contributed by atoms with Crippen LogP contribution in [-0.4, -0.2) is 30.0 Å². The monoisotopic (exact) mass is 257 g/mol. The number of fused-ring (bicyclic) bond motifs is 1. The van der Waals surface area contributed by atoms with Gasteiger partial charge in [0.05, 0.1) is 0 Å². The average molecular weight is 257 g/mol. The third-order valence-electron chi connectivity index (χ3n) is 5.52. The highest BCUT2D eigenvalue weighted by atomic mass is 15.1. The Hall–Kier alpha value is -0.930. The van der Waals surface area contributed by atoms with Gasteiger partial charge in [-0.3, -0.25) is 4.98 Å². The second-order valence-electron chi connectivity index (χ2n) is 6.87. The number of hydrogen-bond acceptors (Lipinski definition) is 3. The Balaban J connectivity index is 1.65. The van der Waals surface area contributed by atoms with Crippen molar-refractivity contribution in [2.45, 2.75) is 44.1 Å². The first-order valence-corrected chi connectivity index (χ1v) is 7.62. The molecular formula is C16H23N3. The van der Waals surface area contributed by atoms with E-state index in [1.165, 1.54) is 55.7 Å². The molecule has 2 N–H and O–H groups in total. The van der Waals surface area contributed by atoms with Crippen LogP contribution in [0.3, 0.4) is 0 Å². The molecule has 102 valence electrons. The standard InChI is InChI=1S/C16H23N3/c1-19-8-6-16(7-9-19)10-14-12(15(16)17)4-5-13(18-14)11-2-3-11/h4-5,11,15H,2-3,6-10,17H2,1H3/t15-/m1/s1. The fraction of sp³-hybridized carbons (Fsp3) is 0.688. The zero-order chi connectivity index (χ0) is 13.0. The summed E-state index contributed by atoms with van der Waals surface area (Å²) in [5, 5.41) is 0. The highest BCUT2D eigenvalue weighted by Gasteiger charge is 2.46. The van der Waals surface area contributed by atoms with E-state index in [1.54, 1.807) is 0 Å². The molecule has 4 rings (SSSR count). The zero-order valence-corrected chi connectivity index (χ0v) is 11.7. The largest absolute Gasteiger partial charge is 0.323 e. The molecule has 0 amide bonds. The van der Waals surface area contributed by atoms with Gasteiger partial charge in [-0.1, -0.05) is 6.07 Å². The fourth-order valence-electron chi connectivity index (χ4n) is 3.89. The van der Waals surface area contributed by atoms with E-state index in [0.29, 0.717) is 5.41 Å². The molecule has 0 bridgehead atoms. The van der Waals surface area contributed by atoms with Gasteiger partial charge in [0.25, 0.3) is 0 Å². The normalized spacial score (nSPS) is 29.7. The molecule has 3 aliphatic rings. The molecule has 3 nitrogen and oxygen atoms in total. The minimum atomic E-state index is 0.206. The topological polar surface area (TPSA) is 42.2 Å². The van der Waals surface area contributed by atoms with Crippen molar-refractivity contribution in [3.8, 4) is 0 Å². The third-order valence-corrected chi connectivity index (χ3v) is 5.52. The van der Waals surface area contributed by atoms with Gasteiger partial charge in [-0.2, -0.15) is 0 Å². The summed E-state index contributed by atoms with van der Waals surface area (Å²) in [6.07, 6.45) is 6.21. The van der Waals surface area contributed by atoms with Gasteiger partial charge in [-0.05, 0) is 69.3 Å². The minimum absolute atomic E-state index is 0.206. The lowest BCUT2D eigenvalue weighted by Crippen LogP contribution is -2.42. The Morgan fingerprint density at radius 3 is 2.68 bits per heavy atom. The van der Waals surface area contributed by atoms with Crippen LogP contribution < -0.4 is 5.73 Å². The molecular weight excluding hydrogens is 234 g/mol. The highest BCUT2D eigenvalue weighted by molar-refractivity contribution is 5.36. The first-order chi connectivity index (χ1) is 9.18. The summed E-state index contributed by atoms with van der Waals surface area (Å²) in [7, 11) is 2.21. The number of pyridine rings is 1. The van der Waals surface area contributed by atoms with Crippen LogP contribution in [0.2, 0.25) is 0 Å². The summed E-state index contributed by atoms with van der Waals surface area (Å²) in [6.45, 7) is 2.36. The van der Waals surface area contributed by atoms with Crippen LogP contribution in [0.25, 0.3) is 0 Å².